The van der Waals surface area contributed by atoms with Crippen LogP contribution in [-0.4, -0.2) is 60.8 Å². The van der Waals surface area contributed by atoms with Crippen LogP contribution >= 0.6 is 0 Å². The van der Waals surface area contributed by atoms with Gasteiger partial charge in [0.2, 0.25) is 0 Å². The fourth-order valence-electron chi connectivity index (χ4n) is 3.07. The third-order valence-electron chi connectivity index (χ3n) is 4.40. The molecule has 118 valence electrons. The van der Waals surface area contributed by atoms with E-state index in [0.29, 0.717) is 18.6 Å². The maximum atomic E-state index is 12.5. The van der Waals surface area contributed by atoms with Crippen molar-refractivity contribution in [1.82, 2.24) is 15.1 Å². The third-order valence-corrected chi connectivity index (χ3v) is 4.40. The van der Waals surface area contributed by atoms with Gasteiger partial charge in [0.1, 0.15) is 5.78 Å². The quantitative estimate of drug-likeness (QED) is 0.901. The summed E-state index contributed by atoms with van der Waals surface area (Å²) in [6.45, 7) is 5.76. The van der Waals surface area contributed by atoms with Crippen molar-refractivity contribution in [3.8, 4) is 0 Å². The number of piperidine rings is 1. The summed E-state index contributed by atoms with van der Waals surface area (Å²) in [5.41, 5.74) is 1.92. The van der Waals surface area contributed by atoms with Crippen molar-refractivity contribution < 1.29 is 9.59 Å². The molecule has 1 N–H and O–H groups in total. The van der Waals surface area contributed by atoms with E-state index >= 15 is 0 Å². The summed E-state index contributed by atoms with van der Waals surface area (Å²) in [5.74, 6) is 0.482. The molecule has 0 unspecified atom stereocenters. The van der Waals surface area contributed by atoms with Crippen molar-refractivity contribution in [2.75, 3.05) is 39.3 Å². The zero-order valence-electron chi connectivity index (χ0n) is 12.9. The Hall–Kier alpha value is -1.72. The molecule has 0 aliphatic carbocycles. The number of carbonyl (C=O) groups excluding carboxylic acids is 2. The van der Waals surface area contributed by atoms with Crippen LogP contribution in [0.15, 0.2) is 24.3 Å². The molecule has 22 heavy (non-hydrogen) atoms. The predicted octanol–water partition coefficient (Wildman–Crippen LogP) is 0.897. The minimum atomic E-state index is 0.122. The van der Waals surface area contributed by atoms with Crippen molar-refractivity contribution in [3.05, 3.63) is 35.4 Å². The molecule has 0 radical (unpaired) electrons. The van der Waals surface area contributed by atoms with Gasteiger partial charge in [-0.25, -0.2) is 0 Å². The molecular weight excluding hydrogens is 278 g/mol. The SMILES string of the molecule is O=C1CCN(Cc2cccc(C(=O)N3CCNCC3)c2)CC1. The van der Waals surface area contributed by atoms with Crippen molar-refractivity contribution in [2.24, 2.45) is 0 Å². The zero-order valence-corrected chi connectivity index (χ0v) is 12.9. The van der Waals surface area contributed by atoms with Crippen molar-refractivity contribution in [2.45, 2.75) is 19.4 Å². The average molecular weight is 301 g/mol. The lowest BCUT2D eigenvalue weighted by atomic mass is 10.1. The van der Waals surface area contributed by atoms with E-state index in [-0.39, 0.29) is 5.91 Å². The minimum Gasteiger partial charge on any atom is -0.336 e. The van der Waals surface area contributed by atoms with Gasteiger partial charge in [0.05, 0.1) is 0 Å². The highest BCUT2D eigenvalue weighted by molar-refractivity contribution is 5.94. The molecule has 1 amide bonds. The molecule has 2 fully saturated rings. The molecule has 5 heteroatoms. The fourth-order valence-corrected chi connectivity index (χ4v) is 3.07. The number of nitrogens with zero attached hydrogens (tertiary/aromatic N) is 2. The lowest BCUT2D eigenvalue weighted by Gasteiger charge is -2.28. The highest BCUT2D eigenvalue weighted by atomic mass is 16.2. The number of ketones is 1. The van der Waals surface area contributed by atoms with Crippen LogP contribution < -0.4 is 5.32 Å². The van der Waals surface area contributed by atoms with Gasteiger partial charge in [-0.1, -0.05) is 12.1 Å². The van der Waals surface area contributed by atoms with Gasteiger partial charge >= 0.3 is 0 Å². The van der Waals surface area contributed by atoms with E-state index in [1.807, 2.05) is 23.1 Å². The molecule has 2 saturated heterocycles. The normalized spacial score (nSPS) is 20.2. The van der Waals surface area contributed by atoms with Crippen LogP contribution in [0.2, 0.25) is 0 Å². The lowest BCUT2D eigenvalue weighted by Crippen LogP contribution is -2.46. The summed E-state index contributed by atoms with van der Waals surface area (Å²) in [7, 11) is 0. The second-order valence-corrected chi connectivity index (χ2v) is 6.06. The molecule has 0 saturated carbocycles. The van der Waals surface area contributed by atoms with Crippen molar-refractivity contribution >= 4 is 11.7 Å². The van der Waals surface area contributed by atoms with Crippen molar-refractivity contribution in [1.29, 1.82) is 0 Å². The molecule has 3 rings (SSSR count). The van der Waals surface area contributed by atoms with Gasteiger partial charge in [-0.2, -0.15) is 0 Å². The number of carbonyl (C=O) groups is 2. The maximum Gasteiger partial charge on any atom is 0.253 e. The highest BCUT2D eigenvalue weighted by Gasteiger charge is 2.19. The first-order valence-corrected chi connectivity index (χ1v) is 8.05. The fraction of sp³-hybridized carbons (Fsp3) is 0.529. The van der Waals surface area contributed by atoms with Crippen LogP contribution in [0.3, 0.4) is 0 Å². The van der Waals surface area contributed by atoms with Crippen LogP contribution in [0.25, 0.3) is 0 Å². The summed E-state index contributed by atoms with van der Waals surface area (Å²) in [4.78, 5) is 28.0. The number of benzene rings is 1. The second-order valence-electron chi connectivity index (χ2n) is 6.06. The topological polar surface area (TPSA) is 52.7 Å². The summed E-state index contributed by atoms with van der Waals surface area (Å²) in [6, 6.07) is 7.92. The molecule has 0 bridgehead atoms. The number of hydrogen-bond acceptors (Lipinski definition) is 4. The molecule has 5 nitrogen and oxygen atoms in total. The Morgan fingerprint density at radius 3 is 2.55 bits per heavy atom. The van der Waals surface area contributed by atoms with Crippen LogP contribution in [0.1, 0.15) is 28.8 Å². The number of hydrogen-bond donors (Lipinski definition) is 1. The first-order valence-electron chi connectivity index (χ1n) is 8.05. The van der Waals surface area contributed by atoms with E-state index in [4.69, 9.17) is 0 Å². The van der Waals surface area contributed by atoms with Gasteiger partial charge in [-0.05, 0) is 17.7 Å². The standard InChI is InChI=1S/C17H23N3O2/c21-16-4-8-19(9-5-16)13-14-2-1-3-15(12-14)17(22)20-10-6-18-7-11-20/h1-3,12,18H,4-11,13H2. The third kappa shape index (κ3) is 3.72. The monoisotopic (exact) mass is 301 g/mol. The number of amides is 1. The molecule has 2 aliphatic rings. The Kier molecular flexibility index (Phi) is 4.85. The van der Waals surface area contributed by atoms with Crippen LogP contribution in [0.5, 0.6) is 0 Å². The van der Waals surface area contributed by atoms with E-state index in [9.17, 15) is 9.59 Å². The Morgan fingerprint density at radius 2 is 1.82 bits per heavy atom. The van der Waals surface area contributed by atoms with E-state index < -0.39 is 0 Å². The average Bonchev–Trinajstić information content (AvgIpc) is 2.57. The number of rotatable bonds is 3. The Morgan fingerprint density at radius 1 is 1.09 bits per heavy atom. The summed E-state index contributed by atoms with van der Waals surface area (Å²) in [6.07, 6.45) is 1.30. The van der Waals surface area contributed by atoms with Gasteiger partial charge in [0, 0.05) is 64.2 Å². The van der Waals surface area contributed by atoms with Crippen LogP contribution in [0, 0.1) is 0 Å². The number of likely N-dealkylation sites (tertiary alicyclic amines) is 1. The van der Waals surface area contributed by atoms with Crippen LogP contribution in [0.4, 0.5) is 0 Å². The molecule has 2 heterocycles. The number of piperazine rings is 1. The van der Waals surface area contributed by atoms with Gasteiger partial charge < -0.3 is 10.2 Å². The van der Waals surface area contributed by atoms with Crippen LogP contribution in [-0.2, 0) is 11.3 Å². The van der Waals surface area contributed by atoms with Gasteiger partial charge in [0.25, 0.3) is 5.91 Å². The van der Waals surface area contributed by atoms with E-state index in [1.54, 1.807) is 0 Å². The number of nitrogens with one attached hydrogen (secondary N) is 1. The Labute approximate surface area is 131 Å². The summed E-state index contributed by atoms with van der Waals surface area (Å²) in [5, 5.41) is 3.26. The molecule has 0 spiro atoms. The molecular formula is C17H23N3O2. The zero-order chi connectivity index (χ0) is 15.4. The Balaban J connectivity index is 1.64. The predicted molar refractivity (Wildman–Crippen MR) is 84.7 cm³/mol. The minimum absolute atomic E-state index is 0.122. The smallest absolute Gasteiger partial charge is 0.253 e. The molecule has 1 aromatic carbocycles. The molecule has 2 aliphatic heterocycles. The highest BCUT2D eigenvalue weighted by Crippen LogP contribution is 2.14. The first-order chi connectivity index (χ1) is 10.7. The Bertz CT molecular complexity index is 543. The lowest BCUT2D eigenvalue weighted by molar-refractivity contribution is -0.121. The second kappa shape index (κ2) is 7.03. The number of Topliss-reactive ketones (excluding diaryl/α,β-unsaturated/α-hetero) is 1. The molecule has 1 aromatic rings. The first kappa shape index (κ1) is 15.2. The summed E-state index contributed by atoms with van der Waals surface area (Å²) >= 11 is 0. The van der Waals surface area contributed by atoms with E-state index in [0.717, 1.165) is 56.9 Å². The maximum absolute atomic E-state index is 12.5. The van der Waals surface area contributed by atoms with E-state index in [2.05, 4.69) is 16.3 Å². The van der Waals surface area contributed by atoms with Gasteiger partial charge in [-0.15, -0.1) is 0 Å². The molecule has 0 atom stereocenters. The van der Waals surface area contributed by atoms with Gasteiger partial charge in [-0.3, -0.25) is 14.5 Å². The van der Waals surface area contributed by atoms with Gasteiger partial charge in [0.15, 0.2) is 0 Å². The largest absolute Gasteiger partial charge is 0.336 e. The van der Waals surface area contributed by atoms with E-state index in [1.165, 1.54) is 0 Å². The summed E-state index contributed by atoms with van der Waals surface area (Å²) < 4.78 is 0. The van der Waals surface area contributed by atoms with Crippen molar-refractivity contribution in [3.63, 3.8) is 0 Å². The molecule has 0 aromatic heterocycles.